The zero-order chi connectivity index (χ0) is 21.8. The Morgan fingerprint density at radius 2 is 1.73 bits per heavy atom. The number of ether oxygens (including phenoxy) is 5. The van der Waals surface area contributed by atoms with E-state index in [1.807, 2.05) is 32.0 Å². The topological polar surface area (TPSA) is 66.5 Å². The molecule has 2 saturated heterocycles. The van der Waals surface area contributed by atoms with Crippen molar-refractivity contribution in [3.63, 3.8) is 0 Å². The van der Waals surface area contributed by atoms with Gasteiger partial charge in [0.05, 0.1) is 25.9 Å². The molecule has 0 aliphatic carbocycles. The molecule has 2 fully saturated rings. The first-order valence-corrected chi connectivity index (χ1v) is 10.6. The lowest BCUT2D eigenvalue weighted by Crippen LogP contribution is -2.41. The molecule has 0 N–H and O–H groups in total. The van der Waals surface area contributed by atoms with Crippen molar-refractivity contribution in [3.8, 4) is 0 Å². The molecule has 3 rings (SSSR count). The molecule has 2 heterocycles. The van der Waals surface area contributed by atoms with Crippen LogP contribution >= 0.6 is 0 Å². The number of ketones is 1. The molecule has 0 amide bonds. The molecule has 0 bridgehead atoms. The van der Waals surface area contributed by atoms with E-state index in [2.05, 4.69) is 37.8 Å². The summed E-state index contributed by atoms with van der Waals surface area (Å²) >= 11 is 0. The molecule has 7 nitrogen and oxygen atoms in total. The van der Waals surface area contributed by atoms with Crippen molar-refractivity contribution in [2.75, 3.05) is 39.6 Å². The molecule has 1 unspecified atom stereocenters. The highest BCUT2D eigenvalue weighted by Gasteiger charge is 2.40. The molecule has 1 aromatic carbocycles. The van der Waals surface area contributed by atoms with Gasteiger partial charge >= 0.3 is 0 Å². The maximum absolute atomic E-state index is 12.1. The van der Waals surface area contributed by atoms with Crippen molar-refractivity contribution in [2.24, 2.45) is 0 Å². The molecular weight excluding hydrogens is 386 g/mol. The van der Waals surface area contributed by atoms with E-state index in [1.165, 1.54) is 0 Å². The Morgan fingerprint density at radius 1 is 1.10 bits per heavy atom. The maximum Gasteiger partial charge on any atom is 0.183 e. The third-order valence-electron chi connectivity index (χ3n) is 5.15. The SMILES string of the molecule is CC1(C)OC[C@H](COCC(=O)COC[C@H]2CN(C(C)(C)C)C(c3ccccc3)O2)O1. The Morgan fingerprint density at radius 3 is 2.30 bits per heavy atom. The third-order valence-corrected chi connectivity index (χ3v) is 5.15. The summed E-state index contributed by atoms with van der Waals surface area (Å²) in [5.74, 6) is -0.681. The fourth-order valence-corrected chi connectivity index (χ4v) is 3.70. The monoisotopic (exact) mass is 421 g/mol. The highest BCUT2D eigenvalue weighted by atomic mass is 16.7. The van der Waals surface area contributed by atoms with Crippen LogP contribution in [0.4, 0.5) is 0 Å². The van der Waals surface area contributed by atoms with Crippen LogP contribution < -0.4 is 0 Å². The van der Waals surface area contributed by atoms with Crippen molar-refractivity contribution >= 4 is 5.78 Å². The fraction of sp³-hybridized carbons (Fsp3) is 0.696. The zero-order valence-corrected chi connectivity index (χ0v) is 18.8. The molecule has 2 aliphatic heterocycles. The number of Topliss-reactive ketones (excluding diaryl/α,β-unsaturated/α-hetero) is 1. The van der Waals surface area contributed by atoms with E-state index in [9.17, 15) is 4.79 Å². The highest BCUT2D eigenvalue weighted by molar-refractivity contribution is 5.80. The average Bonchev–Trinajstić information content (AvgIpc) is 3.26. The van der Waals surface area contributed by atoms with E-state index in [0.717, 1.165) is 12.1 Å². The summed E-state index contributed by atoms with van der Waals surface area (Å²) < 4.78 is 28.5. The Bertz CT molecular complexity index is 687. The van der Waals surface area contributed by atoms with Crippen LogP contribution in [0.2, 0.25) is 0 Å². The van der Waals surface area contributed by atoms with Crippen molar-refractivity contribution in [1.29, 1.82) is 0 Å². The van der Waals surface area contributed by atoms with E-state index in [1.54, 1.807) is 0 Å². The zero-order valence-electron chi connectivity index (χ0n) is 18.8. The second kappa shape index (κ2) is 9.85. The molecule has 0 spiro atoms. The average molecular weight is 422 g/mol. The van der Waals surface area contributed by atoms with Gasteiger partial charge in [0.1, 0.15) is 25.5 Å². The van der Waals surface area contributed by atoms with Crippen molar-refractivity contribution in [3.05, 3.63) is 35.9 Å². The highest BCUT2D eigenvalue weighted by Crippen LogP contribution is 2.35. The minimum absolute atomic E-state index is 0.00652. The van der Waals surface area contributed by atoms with Crippen molar-refractivity contribution in [2.45, 2.75) is 64.4 Å². The van der Waals surface area contributed by atoms with Crippen LogP contribution in [0.3, 0.4) is 0 Å². The molecule has 7 heteroatoms. The summed E-state index contributed by atoms with van der Waals surface area (Å²) in [6.45, 7) is 12.2. The van der Waals surface area contributed by atoms with E-state index >= 15 is 0 Å². The Kier molecular flexibility index (Phi) is 7.66. The predicted molar refractivity (Wildman–Crippen MR) is 112 cm³/mol. The molecule has 1 aromatic rings. The lowest BCUT2D eigenvalue weighted by molar-refractivity contribution is -0.147. The third kappa shape index (κ3) is 6.57. The fourth-order valence-electron chi connectivity index (χ4n) is 3.70. The smallest absolute Gasteiger partial charge is 0.183 e. The van der Waals surface area contributed by atoms with Gasteiger partial charge in [-0.25, -0.2) is 0 Å². The summed E-state index contributed by atoms with van der Waals surface area (Å²) in [5.41, 5.74) is 1.08. The summed E-state index contributed by atoms with van der Waals surface area (Å²) in [4.78, 5) is 14.4. The quantitative estimate of drug-likeness (QED) is 0.607. The van der Waals surface area contributed by atoms with Gasteiger partial charge in [0.15, 0.2) is 11.6 Å². The molecule has 0 radical (unpaired) electrons. The number of hydrogen-bond acceptors (Lipinski definition) is 7. The first-order chi connectivity index (χ1) is 14.1. The van der Waals surface area contributed by atoms with E-state index in [-0.39, 0.29) is 43.0 Å². The summed E-state index contributed by atoms with van der Waals surface area (Å²) in [7, 11) is 0. The lowest BCUT2D eigenvalue weighted by Gasteiger charge is -2.35. The van der Waals surface area contributed by atoms with Crippen molar-refractivity contribution < 1.29 is 28.5 Å². The van der Waals surface area contributed by atoms with Gasteiger partial charge in [-0.1, -0.05) is 30.3 Å². The summed E-state index contributed by atoms with van der Waals surface area (Å²) in [5, 5.41) is 0. The molecular formula is C23H35NO6. The van der Waals surface area contributed by atoms with Crippen LogP contribution in [-0.4, -0.2) is 73.8 Å². The van der Waals surface area contributed by atoms with Crippen molar-refractivity contribution in [1.82, 2.24) is 4.90 Å². The minimum Gasteiger partial charge on any atom is -0.371 e. The Balaban J connectivity index is 1.39. The predicted octanol–water partition coefficient (Wildman–Crippen LogP) is 2.94. The molecule has 0 saturated carbocycles. The van der Waals surface area contributed by atoms with Gasteiger partial charge in [0.25, 0.3) is 0 Å². The van der Waals surface area contributed by atoms with E-state index in [4.69, 9.17) is 23.7 Å². The standard InChI is InChI=1S/C23H35NO6/c1-22(2,3)24-11-19(29-21(24)17-9-7-6-8-10-17)14-26-12-18(25)13-27-15-20-16-28-23(4,5)30-20/h6-10,19-21H,11-16H2,1-5H3/t19-,20+,21?/m1/s1. The number of nitrogens with zero attached hydrogens (tertiary/aromatic N) is 1. The Hall–Kier alpha value is -1.35. The number of carbonyl (C=O) groups excluding carboxylic acids is 1. The molecule has 0 aromatic heterocycles. The van der Waals surface area contributed by atoms with Crippen LogP contribution in [0.5, 0.6) is 0 Å². The normalized spacial score (nSPS) is 26.9. The first-order valence-electron chi connectivity index (χ1n) is 10.6. The Labute approximate surface area is 179 Å². The largest absolute Gasteiger partial charge is 0.371 e. The molecule has 30 heavy (non-hydrogen) atoms. The molecule has 168 valence electrons. The summed E-state index contributed by atoms with van der Waals surface area (Å²) in [6, 6.07) is 10.2. The van der Waals surface area contributed by atoms with Crippen LogP contribution in [-0.2, 0) is 28.5 Å². The number of hydrogen-bond donors (Lipinski definition) is 0. The second-order valence-corrected chi connectivity index (χ2v) is 9.36. The minimum atomic E-state index is -0.582. The number of carbonyl (C=O) groups is 1. The second-order valence-electron chi connectivity index (χ2n) is 9.36. The van der Waals surface area contributed by atoms with Crippen LogP contribution in [0.15, 0.2) is 30.3 Å². The first kappa shape index (κ1) is 23.3. The van der Waals surface area contributed by atoms with Crippen LogP contribution in [0, 0.1) is 0 Å². The van der Waals surface area contributed by atoms with Gasteiger partial charge in [-0.3, -0.25) is 9.69 Å². The molecule has 2 aliphatic rings. The van der Waals surface area contributed by atoms with E-state index < -0.39 is 5.79 Å². The van der Waals surface area contributed by atoms with Gasteiger partial charge < -0.3 is 23.7 Å². The summed E-state index contributed by atoms with van der Waals surface area (Å²) in [6.07, 6.45) is -0.343. The van der Waals surface area contributed by atoms with Crippen LogP contribution in [0.1, 0.15) is 46.4 Å². The van der Waals surface area contributed by atoms with Gasteiger partial charge in [0.2, 0.25) is 0 Å². The van der Waals surface area contributed by atoms with E-state index in [0.29, 0.717) is 19.8 Å². The van der Waals surface area contributed by atoms with Crippen LogP contribution in [0.25, 0.3) is 0 Å². The molecule has 3 atom stereocenters. The van der Waals surface area contributed by atoms with Gasteiger partial charge in [-0.2, -0.15) is 0 Å². The number of rotatable bonds is 9. The van der Waals surface area contributed by atoms with Gasteiger partial charge in [-0.05, 0) is 40.2 Å². The lowest BCUT2D eigenvalue weighted by atomic mass is 10.0. The van der Waals surface area contributed by atoms with Gasteiger partial charge in [0, 0.05) is 12.1 Å². The maximum atomic E-state index is 12.1. The number of benzene rings is 1. The van der Waals surface area contributed by atoms with Gasteiger partial charge in [-0.15, -0.1) is 0 Å².